The van der Waals surface area contributed by atoms with Crippen molar-refractivity contribution in [1.82, 2.24) is 4.90 Å². The van der Waals surface area contributed by atoms with E-state index in [4.69, 9.17) is 9.84 Å². The number of nitrogens with zero attached hydrogens (tertiary/aromatic N) is 1. The minimum absolute atomic E-state index is 0.00937. The number of amides is 1. The Kier molecular flexibility index (Phi) is 5.20. The summed E-state index contributed by atoms with van der Waals surface area (Å²) < 4.78 is 5.12. The summed E-state index contributed by atoms with van der Waals surface area (Å²) in [5.74, 6) is 0.0255. The Bertz CT molecular complexity index is 515. The molecule has 1 heterocycles. The third-order valence-electron chi connectivity index (χ3n) is 3.75. The maximum atomic E-state index is 12.5. The monoisotopic (exact) mass is 291 g/mol. The van der Waals surface area contributed by atoms with Crippen molar-refractivity contribution in [3.8, 4) is 5.75 Å². The summed E-state index contributed by atoms with van der Waals surface area (Å²) >= 11 is 0. The smallest absolute Gasteiger partial charge is 0.341 e. The van der Waals surface area contributed by atoms with Crippen LogP contribution in [0.3, 0.4) is 0 Å². The Hall–Kier alpha value is -2.04. The number of carbonyl (C=O) groups excluding carboxylic acids is 1. The number of benzene rings is 1. The molecule has 1 atom stereocenters. The predicted octanol–water partition coefficient (Wildman–Crippen LogP) is 2.41. The largest absolute Gasteiger partial charge is 0.482 e. The predicted molar refractivity (Wildman–Crippen MR) is 78.5 cm³/mol. The molecule has 1 saturated heterocycles. The molecule has 0 bridgehead atoms. The van der Waals surface area contributed by atoms with E-state index in [1.165, 1.54) is 0 Å². The number of ether oxygens (including phenoxy) is 1. The van der Waals surface area contributed by atoms with Gasteiger partial charge in [-0.15, -0.1) is 0 Å². The molecule has 1 N–H and O–H groups in total. The van der Waals surface area contributed by atoms with Crippen LogP contribution in [0.2, 0.25) is 0 Å². The van der Waals surface area contributed by atoms with Gasteiger partial charge < -0.3 is 14.7 Å². The molecular weight excluding hydrogens is 270 g/mol. The van der Waals surface area contributed by atoms with E-state index in [1.807, 2.05) is 4.90 Å². The number of carboxylic acids is 1. The highest BCUT2D eigenvalue weighted by Gasteiger charge is 2.20. The molecule has 21 heavy (non-hydrogen) atoms. The molecule has 0 aromatic heterocycles. The minimum atomic E-state index is -1.03. The second kappa shape index (κ2) is 7.11. The van der Waals surface area contributed by atoms with Crippen LogP contribution in [0.25, 0.3) is 0 Å². The number of carboxylic acid groups (broad SMARTS) is 1. The summed E-state index contributed by atoms with van der Waals surface area (Å²) in [5.41, 5.74) is 0.549. The van der Waals surface area contributed by atoms with Gasteiger partial charge in [0.2, 0.25) is 0 Å². The molecule has 0 spiro atoms. The summed E-state index contributed by atoms with van der Waals surface area (Å²) in [6, 6.07) is 6.72. The quantitative estimate of drug-likeness (QED) is 0.925. The first kappa shape index (κ1) is 15.4. The van der Waals surface area contributed by atoms with Crippen LogP contribution in [-0.2, 0) is 4.79 Å². The maximum absolute atomic E-state index is 12.5. The first-order valence-electron chi connectivity index (χ1n) is 7.30. The Morgan fingerprint density at radius 2 is 2.14 bits per heavy atom. The molecule has 1 aliphatic rings. The van der Waals surface area contributed by atoms with E-state index in [9.17, 15) is 9.59 Å². The van der Waals surface area contributed by atoms with Crippen LogP contribution in [0.1, 0.15) is 36.5 Å². The van der Waals surface area contributed by atoms with E-state index in [0.29, 0.717) is 17.2 Å². The molecule has 5 heteroatoms. The third-order valence-corrected chi connectivity index (χ3v) is 3.75. The SMILES string of the molecule is CC1CCCN(C(=O)c2cccc(OCC(=O)O)c2)CC1. The van der Waals surface area contributed by atoms with Crippen molar-refractivity contribution in [1.29, 1.82) is 0 Å². The van der Waals surface area contributed by atoms with E-state index in [2.05, 4.69) is 6.92 Å². The number of hydrogen-bond donors (Lipinski definition) is 1. The topological polar surface area (TPSA) is 66.8 Å². The van der Waals surface area contributed by atoms with Gasteiger partial charge in [0.15, 0.2) is 6.61 Å². The number of rotatable bonds is 4. The first-order valence-corrected chi connectivity index (χ1v) is 7.30. The lowest BCUT2D eigenvalue weighted by Gasteiger charge is -2.20. The van der Waals surface area contributed by atoms with Crippen molar-refractivity contribution >= 4 is 11.9 Å². The van der Waals surface area contributed by atoms with Crippen molar-refractivity contribution in [2.75, 3.05) is 19.7 Å². The van der Waals surface area contributed by atoms with E-state index in [-0.39, 0.29) is 5.91 Å². The van der Waals surface area contributed by atoms with E-state index in [1.54, 1.807) is 24.3 Å². The molecule has 0 radical (unpaired) electrons. The van der Waals surface area contributed by atoms with Crippen molar-refractivity contribution in [2.24, 2.45) is 5.92 Å². The van der Waals surface area contributed by atoms with Crippen LogP contribution in [0, 0.1) is 5.92 Å². The molecule has 1 fully saturated rings. The minimum Gasteiger partial charge on any atom is -0.482 e. The van der Waals surface area contributed by atoms with Crippen LogP contribution >= 0.6 is 0 Å². The molecule has 1 aliphatic heterocycles. The van der Waals surface area contributed by atoms with Gasteiger partial charge in [-0.2, -0.15) is 0 Å². The Labute approximate surface area is 124 Å². The van der Waals surface area contributed by atoms with Crippen molar-refractivity contribution in [2.45, 2.75) is 26.2 Å². The van der Waals surface area contributed by atoms with E-state index >= 15 is 0 Å². The fraction of sp³-hybridized carbons (Fsp3) is 0.500. The summed E-state index contributed by atoms with van der Waals surface area (Å²) in [5, 5.41) is 8.61. The highest BCUT2D eigenvalue weighted by atomic mass is 16.5. The first-order chi connectivity index (χ1) is 10.1. The lowest BCUT2D eigenvalue weighted by atomic mass is 10.0. The van der Waals surface area contributed by atoms with E-state index < -0.39 is 12.6 Å². The Balaban J connectivity index is 2.04. The summed E-state index contributed by atoms with van der Waals surface area (Å²) in [7, 11) is 0. The van der Waals surface area contributed by atoms with Crippen LogP contribution in [0.15, 0.2) is 24.3 Å². The van der Waals surface area contributed by atoms with Crippen LogP contribution in [-0.4, -0.2) is 41.6 Å². The van der Waals surface area contributed by atoms with E-state index in [0.717, 1.165) is 32.4 Å². The number of likely N-dealkylation sites (tertiary alicyclic amines) is 1. The number of carbonyl (C=O) groups is 2. The van der Waals surface area contributed by atoms with Crippen molar-refractivity contribution < 1.29 is 19.4 Å². The molecule has 0 saturated carbocycles. The standard InChI is InChI=1S/C16H21NO4/c1-12-4-3-8-17(9-7-12)16(20)13-5-2-6-14(10-13)21-11-15(18)19/h2,5-6,10,12H,3-4,7-9,11H2,1H3,(H,18,19). The molecule has 1 amide bonds. The van der Waals surface area contributed by atoms with Crippen LogP contribution < -0.4 is 4.74 Å². The fourth-order valence-electron chi connectivity index (χ4n) is 2.51. The van der Waals surface area contributed by atoms with Gasteiger partial charge in [-0.1, -0.05) is 13.0 Å². The lowest BCUT2D eigenvalue weighted by molar-refractivity contribution is -0.139. The zero-order valence-electron chi connectivity index (χ0n) is 12.2. The van der Waals surface area contributed by atoms with Gasteiger partial charge in [-0.05, 0) is 43.4 Å². The van der Waals surface area contributed by atoms with Gasteiger partial charge in [0.05, 0.1) is 0 Å². The second-order valence-electron chi connectivity index (χ2n) is 5.54. The zero-order valence-corrected chi connectivity index (χ0v) is 12.2. The Morgan fingerprint density at radius 3 is 2.90 bits per heavy atom. The van der Waals surface area contributed by atoms with Gasteiger partial charge in [0.1, 0.15) is 5.75 Å². The van der Waals surface area contributed by atoms with Gasteiger partial charge in [0, 0.05) is 18.7 Å². The molecular formula is C16H21NO4. The van der Waals surface area contributed by atoms with Crippen LogP contribution in [0.4, 0.5) is 0 Å². The van der Waals surface area contributed by atoms with Gasteiger partial charge in [-0.3, -0.25) is 4.79 Å². The lowest BCUT2D eigenvalue weighted by Crippen LogP contribution is -2.32. The Morgan fingerprint density at radius 1 is 1.33 bits per heavy atom. The maximum Gasteiger partial charge on any atom is 0.341 e. The molecule has 1 aromatic rings. The highest BCUT2D eigenvalue weighted by molar-refractivity contribution is 5.94. The summed E-state index contributed by atoms with van der Waals surface area (Å²) in [4.78, 5) is 24.9. The summed E-state index contributed by atoms with van der Waals surface area (Å²) in [6.45, 7) is 3.37. The highest BCUT2D eigenvalue weighted by Crippen LogP contribution is 2.20. The van der Waals surface area contributed by atoms with Crippen molar-refractivity contribution in [3.05, 3.63) is 29.8 Å². The second-order valence-corrected chi connectivity index (χ2v) is 5.54. The molecule has 0 aliphatic carbocycles. The number of hydrogen-bond acceptors (Lipinski definition) is 3. The zero-order chi connectivity index (χ0) is 15.2. The van der Waals surface area contributed by atoms with Gasteiger partial charge in [0.25, 0.3) is 5.91 Å². The van der Waals surface area contributed by atoms with Crippen LogP contribution in [0.5, 0.6) is 5.75 Å². The van der Waals surface area contributed by atoms with Gasteiger partial charge >= 0.3 is 5.97 Å². The number of aliphatic carboxylic acids is 1. The molecule has 2 rings (SSSR count). The normalized spacial score (nSPS) is 18.9. The molecule has 5 nitrogen and oxygen atoms in total. The third kappa shape index (κ3) is 4.48. The van der Waals surface area contributed by atoms with Gasteiger partial charge in [-0.25, -0.2) is 4.79 Å². The molecule has 1 unspecified atom stereocenters. The summed E-state index contributed by atoms with van der Waals surface area (Å²) in [6.07, 6.45) is 3.22. The van der Waals surface area contributed by atoms with Crippen molar-refractivity contribution in [3.63, 3.8) is 0 Å². The average Bonchev–Trinajstić information content (AvgIpc) is 2.69. The average molecular weight is 291 g/mol. The molecule has 1 aromatic carbocycles. The fourth-order valence-corrected chi connectivity index (χ4v) is 2.51. The molecule has 114 valence electrons.